The van der Waals surface area contributed by atoms with Gasteiger partial charge in [-0.2, -0.15) is 0 Å². The highest BCUT2D eigenvalue weighted by Gasteiger charge is 2.29. The number of halogens is 1. The zero-order valence-electron chi connectivity index (χ0n) is 16.3. The van der Waals surface area contributed by atoms with Crippen LogP contribution in [0.3, 0.4) is 0 Å². The minimum Gasteiger partial charge on any atom is -0.357 e. The van der Waals surface area contributed by atoms with Crippen molar-refractivity contribution < 1.29 is 9.59 Å². The fourth-order valence-corrected chi connectivity index (χ4v) is 3.25. The van der Waals surface area contributed by atoms with E-state index >= 15 is 0 Å². The van der Waals surface area contributed by atoms with Crippen molar-refractivity contribution in [3.63, 3.8) is 0 Å². The van der Waals surface area contributed by atoms with E-state index in [2.05, 4.69) is 15.6 Å². The molecule has 1 aliphatic heterocycles. The van der Waals surface area contributed by atoms with Gasteiger partial charge in [-0.3, -0.25) is 14.6 Å². The lowest BCUT2D eigenvalue weighted by Gasteiger charge is -2.36. The van der Waals surface area contributed by atoms with Crippen molar-refractivity contribution >= 4 is 29.4 Å². The molecule has 2 N–H and O–H groups in total. The lowest BCUT2D eigenvalue weighted by atomic mass is 10.2. The lowest BCUT2D eigenvalue weighted by Crippen LogP contribution is -2.55. The molecule has 7 nitrogen and oxygen atoms in total. The van der Waals surface area contributed by atoms with Crippen LogP contribution in [0.25, 0.3) is 0 Å². The first-order valence-electron chi connectivity index (χ1n) is 9.90. The third kappa shape index (κ3) is 5.86. The van der Waals surface area contributed by atoms with Crippen LogP contribution in [0.15, 0.2) is 29.3 Å². The van der Waals surface area contributed by atoms with Crippen LogP contribution in [0.4, 0.5) is 0 Å². The Balaban J connectivity index is 1.50. The van der Waals surface area contributed by atoms with Crippen molar-refractivity contribution in [3.8, 4) is 0 Å². The predicted octanol–water partition coefficient (Wildman–Crippen LogP) is 1.48. The second-order valence-electron chi connectivity index (χ2n) is 7.16. The second-order valence-corrected chi connectivity index (χ2v) is 7.60. The summed E-state index contributed by atoms with van der Waals surface area (Å²) < 4.78 is 0. The summed E-state index contributed by atoms with van der Waals surface area (Å²) in [6, 6.07) is 7.58. The van der Waals surface area contributed by atoms with Gasteiger partial charge in [0, 0.05) is 43.7 Å². The summed E-state index contributed by atoms with van der Waals surface area (Å²) >= 11 is 5.92. The number of rotatable bonds is 7. The number of guanidine groups is 1. The standard InChI is InChI=1S/C20H28ClN5O2/c1-2-22-20(24-10-9-23-19(28)16-5-6-16)26-12-11-25(18(27)14-26)13-15-3-7-17(21)8-4-15/h3-4,7-8,16H,2,5-6,9-14H2,1H3,(H,22,24)(H,23,28). The Morgan fingerprint density at radius 3 is 2.61 bits per heavy atom. The first-order chi connectivity index (χ1) is 13.6. The van der Waals surface area contributed by atoms with Gasteiger partial charge in [-0.15, -0.1) is 0 Å². The van der Waals surface area contributed by atoms with Crippen LogP contribution in [0, 0.1) is 5.92 Å². The Morgan fingerprint density at radius 2 is 1.96 bits per heavy atom. The normalized spacial score (nSPS) is 17.6. The average molecular weight is 406 g/mol. The van der Waals surface area contributed by atoms with E-state index in [1.165, 1.54) is 0 Å². The molecule has 0 unspecified atom stereocenters. The molecule has 1 aliphatic carbocycles. The van der Waals surface area contributed by atoms with Crippen LogP contribution < -0.4 is 10.6 Å². The number of piperazine rings is 1. The number of hydrogen-bond acceptors (Lipinski definition) is 3. The Hall–Kier alpha value is -2.28. The minimum atomic E-state index is 0.0776. The van der Waals surface area contributed by atoms with Gasteiger partial charge in [-0.25, -0.2) is 0 Å². The Morgan fingerprint density at radius 1 is 1.21 bits per heavy atom. The SMILES string of the molecule is CCNC(=NCCNC(=O)C1CC1)N1CCN(Cc2ccc(Cl)cc2)C(=O)C1. The first-order valence-corrected chi connectivity index (χ1v) is 10.3. The van der Waals surface area contributed by atoms with Crippen molar-refractivity contribution in [2.45, 2.75) is 26.3 Å². The number of carbonyl (C=O) groups excluding carboxylic acids is 2. The number of aliphatic imine (C=N–C) groups is 1. The van der Waals surface area contributed by atoms with E-state index in [9.17, 15) is 9.59 Å². The Bertz CT molecular complexity index is 718. The average Bonchev–Trinajstić information content (AvgIpc) is 3.53. The summed E-state index contributed by atoms with van der Waals surface area (Å²) in [5.41, 5.74) is 1.07. The number of hydrogen-bond donors (Lipinski definition) is 2. The molecule has 1 heterocycles. The zero-order chi connectivity index (χ0) is 19.9. The molecule has 1 aromatic carbocycles. The van der Waals surface area contributed by atoms with Crippen molar-refractivity contribution in [2.75, 3.05) is 39.3 Å². The van der Waals surface area contributed by atoms with E-state index in [1.807, 2.05) is 41.0 Å². The molecule has 1 aromatic rings. The van der Waals surface area contributed by atoms with E-state index < -0.39 is 0 Å². The van der Waals surface area contributed by atoms with Crippen molar-refractivity contribution in [1.29, 1.82) is 0 Å². The molecule has 3 rings (SSSR count). The number of nitrogens with zero attached hydrogens (tertiary/aromatic N) is 3. The summed E-state index contributed by atoms with van der Waals surface area (Å²) in [5.74, 6) is 1.14. The predicted molar refractivity (Wildman–Crippen MR) is 110 cm³/mol. The molecule has 8 heteroatoms. The van der Waals surface area contributed by atoms with E-state index in [0.29, 0.717) is 37.7 Å². The topological polar surface area (TPSA) is 77.0 Å². The molecule has 1 saturated carbocycles. The van der Waals surface area contributed by atoms with Crippen molar-refractivity contribution in [3.05, 3.63) is 34.9 Å². The van der Waals surface area contributed by atoms with Crippen LogP contribution >= 0.6 is 11.6 Å². The van der Waals surface area contributed by atoms with Gasteiger partial charge in [0.05, 0.1) is 13.1 Å². The summed E-state index contributed by atoms with van der Waals surface area (Å²) in [5, 5.41) is 6.85. The number of amides is 2. The second kappa shape index (κ2) is 9.78. The van der Waals surface area contributed by atoms with Gasteiger partial charge in [0.15, 0.2) is 5.96 Å². The minimum absolute atomic E-state index is 0.0776. The number of benzene rings is 1. The van der Waals surface area contributed by atoms with Gasteiger partial charge >= 0.3 is 0 Å². The van der Waals surface area contributed by atoms with Gasteiger partial charge in [-0.05, 0) is 37.5 Å². The lowest BCUT2D eigenvalue weighted by molar-refractivity contribution is -0.135. The van der Waals surface area contributed by atoms with Crippen LogP contribution in [0.5, 0.6) is 0 Å². The van der Waals surface area contributed by atoms with Crippen LogP contribution in [-0.4, -0.2) is 66.8 Å². The maximum absolute atomic E-state index is 12.6. The van der Waals surface area contributed by atoms with Gasteiger partial charge in [0.1, 0.15) is 0 Å². The Kier molecular flexibility index (Phi) is 7.14. The van der Waals surface area contributed by atoms with E-state index in [-0.39, 0.29) is 17.7 Å². The molecule has 0 atom stereocenters. The summed E-state index contributed by atoms with van der Waals surface area (Å²) in [6.07, 6.45) is 2.00. The third-order valence-corrected chi connectivity index (χ3v) is 5.11. The monoisotopic (exact) mass is 405 g/mol. The molecule has 0 radical (unpaired) electrons. The molecular formula is C20H28ClN5O2. The highest BCUT2D eigenvalue weighted by Crippen LogP contribution is 2.28. The molecule has 1 saturated heterocycles. The highest BCUT2D eigenvalue weighted by atomic mass is 35.5. The van der Waals surface area contributed by atoms with Crippen LogP contribution in [0.1, 0.15) is 25.3 Å². The smallest absolute Gasteiger partial charge is 0.242 e. The van der Waals surface area contributed by atoms with E-state index in [0.717, 1.165) is 37.5 Å². The molecule has 2 amide bonds. The summed E-state index contributed by atoms with van der Waals surface area (Å²) in [4.78, 5) is 32.7. The van der Waals surface area contributed by atoms with Crippen molar-refractivity contribution in [2.24, 2.45) is 10.9 Å². The summed E-state index contributed by atoms with van der Waals surface area (Å²) in [6.45, 7) is 6.01. The zero-order valence-corrected chi connectivity index (χ0v) is 17.0. The van der Waals surface area contributed by atoms with Gasteiger partial charge in [-0.1, -0.05) is 23.7 Å². The Labute approximate surface area is 171 Å². The van der Waals surface area contributed by atoms with Crippen LogP contribution in [0.2, 0.25) is 5.02 Å². The fraction of sp³-hybridized carbons (Fsp3) is 0.550. The third-order valence-electron chi connectivity index (χ3n) is 4.86. The molecule has 28 heavy (non-hydrogen) atoms. The fourth-order valence-electron chi connectivity index (χ4n) is 3.12. The number of carbonyl (C=O) groups is 2. The van der Waals surface area contributed by atoms with Crippen LogP contribution in [-0.2, 0) is 16.1 Å². The van der Waals surface area contributed by atoms with Gasteiger partial charge in [0.2, 0.25) is 11.8 Å². The molecule has 0 bridgehead atoms. The van der Waals surface area contributed by atoms with E-state index in [4.69, 9.17) is 11.6 Å². The number of nitrogens with one attached hydrogen (secondary N) is 2. The maximum Gasteiger partial charge on any atom is 0.242 e. The van der Waals surface area contributed by atoms with Gasteiger partial charge in [0.25, 0.3) is 0 Å². The van der Waals surface area contributed by atoms with E-state index in [1.54, 1.807) is 0 Å². The summed E-state index contributed by atoms with van der Waals surface area (Å²) in [7, 11) is 0. The molecule has 2 fully saturated rings. The largest absolute Gasteiger partial charge is 0.357 e. The molecule has 2 aliphatic rings. The first kappa shape index (κ1) is 20.5. The highest BCUT2D eigenvalue weighted by molar-refractivity contribution is 6.30. The maximum atomic E-state index is 12.6. The molecular weight excluding hydrogens is 378 g/mol. The quantitative estimate of drug-likeness (QED) is 0.409. The van der Waals surface area contributed by atoms with Gasteiger partial charge < -0.3 is 20.4 Å². The molecule has 152 valence electrons. The van der Waals surface area contributed by atoms with Crippen molar-refractivity contribution in [1.82, 2.24) is 20.4 Å². The molecule has 0 aromatic heterocycles. The molecule has 0 spiro atoms.